The number of nitrogens with zero attached hydrogens (tertiary/aromatic N) is 2. The summed E-state index contributed by atoms with van der Waals surface area (Å²) in [6.45, 7) is 7.84. The lowest BCUT2D eigenvalue weighted by Crippen LogP contribution is -2.22. The molecule has 1 heterocycles. The van der Waals surface area contributed by atoms with Crippen LogP contribution in [0.3, 0.4) is 0 Å². The Labute approximate surface area is 163 Å². The summed E-state index contributed by atoms with van der Waals surface area (Å²) in [6.07, 6.45) is 0. The summed E-state index contributed by atoms with van der Waals surface area (Å²) in [5.74, 6) is 0.762. The number of benzene rings is 2. The van der Waals surface area contributed by atoms with E-state index in [-0.39, 0.29) is 5.91 Å². The maximum absolute atomic E-state index is 12.2. The number of anilines is 2. The number of aryl methyl sites for hydroxylation is 3. The van der Waals surface area contributed by atoms with Crippen LogP contribution >= 0.6 is 23.1 Å². The van der Waals surface area contributed by atoms with Gasteiger partial charge in [-0.15, -0.1) is 23.1 Å². The number of thioether (sulfide) groups is 1. The van der Waals surface area contributed by atoms with Crippen molar-refractivity contribution in [1.29, 1.82) is 0 Å². The van der Waals surface area contributed by atoms with Crippen LogP contribution in [0.25, 0.3) is 0 Å². The number of hydrogen-bond donors (Lipinski definition) is 0. The summed E-state index contributed by atoms with van der Waals surface area (Å²) in [6, 6.07) is 14.4. The van der Waals surface area contributed by atoms with Gasteiger partial charge in [0.05, 0.1) is 11.4 Å². The first-order valence-electron chi connectivity index (χ1n) is 8.46. The minimum Gasteiger partial charge on any atom is -0.274 e. The molecule has 134 valence electrons. The first-order valence-corrected chi connectivity index (χ1v) is 10.3. The van der Waals surface area contributed by atoms with Crippen LogP contribution in [0, 0.1) is 20.8 Å². The second-order valence-electron chi connectivity index (χ2n) is 6.37. The van der Waals surface area contributed by atoms with E-state index in [0.29, 0.717) is 0 Å². The van der Waals surface area contributed by atoms with Crippen molar-refractivity contribution in [3.63, 3.8) is 0 Å². The molecule has 0 aliphatic carbocycles. The highest BCUT2D eigenvalue weighted by Gasteiger charge is 2.18. The Balaban J connectivity index is 1.78. The van der Waals surface area contributed by atoms with Crippen molar-refractivity contribution < 1.29 is 4.79 Å². The predicted molar refractivity (Wildman–Crippen MR) is 112 cm³/mol. The zero-order chi connectivity index (χ0) is 18.7. The van der Waals surface area contributed by atoms with Crippen LogP contribution in [-0.2, 0) is 10.5 Å². The Bertz CT molecular complexity index is 933. The fourth-order valence-electron chi connectivity index (χ4n) is 2.77. The molecule has 2 aromatic carbocycles. The number of carbonyl (C=O) groups excluding carboxylic acids is 1. The number of aromatic nitrogens is 1. The van der Waals surface area contributed by atoms with Crippen molar-refractivity contribution in [3.8, 4) is 0 Å². The minimum absolute atomic E-state index is 0.0291. The molecule has 3 aromatic rings. The fraction of sp³-hybridized carbons (Fsp3) is 0.238. The van der Waals surface area contributed by atoms with Gasteiger partial charge in [0.2, 0.25) is 5.91 Å². The van der Waals surface area contributed by atoms with E-state index in [1.807, 2.05) is 36.6 Å². The van der Waals surface area contributed by atoms with E-state index in [4.69, 9.17) is 4.98 Å². The third-order valence-corrected chi connectivity index (χ3v) is 6.10. The Morgan fingerprint density at radius 2 is 1.88 bits per heavy atom. The molecule has 0 spiro atoms. The number of amides is 1. The minimum atomic E-state index is -0.0291. The number of carbonyl (C=O) groups is 1. The van der Waals surface area contributed by atoms with E-state index < -0.39 is 0 Å². The Hall–Kier alpha value is -2.11. The third-order valence-electron chi connectivity index (χ3n) is 4.01. The van der Waals surface area contributed by atoms with Crippen LogP contribution in [0.2, 0.25) is 0 Å². The van der Waals surface area contributed by atoms with E-state index in [1.165, 1.54) is 27.4 Å². The van der Waals surface area contributed by atoms with Crippen molar-refractivity contribution in [2.24, 2.45) is 0 Å². The second kappa shape index (κ2) is 8.06. The molecule has 1 amide bonds. The molecule has 0 saturated heterocycles. The van der Waals surface area contributed by atoms with Gasteiger partial charge in [0.25, 0.3) is 0 Å². The van der Waals surface area contributed by atoms with Crippen LogP contribution in [0.1, 0.15) is 29.3 Å². The highest BCUT2D eigenvalue weighted by Crippen LogP contribution is 2.32. The van der Waals surface area contributed by atoms with Gasteiger partial charge >= 0.3 is 0 Å². The topological polar surface area (TPSA) is 33.2 Å². The van der Waals surface area contributed by atoms with Gasteiger partial charge in [-0.2, -0.15) is 0 Å². The molecule has 0 aliphatic heterocycles. The van der Waals surface area contributed by atoms with Crippen LogP contribution in [0.5, 0.6) is 0 Å². The molecule has 1 aromatic heterocycles. The summed E-state index contributed by atoms with van der Waals surface area (Å²) in [5, 5.41) is 2.76. The van der Waals surface area contributed by atoms with Crippen LogP contribution in [0.15, 0.2) is 52.7 Å². The average molecular weight is 383 g/mol. The fourth-order valence-corrected chi connectivity index (χ4v) is 4.67. The highest BCUT2D eigenvalue weighted by atomic mass is 32.2. The molecule has 0 saturated carbocycles. The van der Waals surface area contributed by atoms with Crippen molar-refractivity contribution in [2.45, 2.75) is 38.3 Å². The van der Waals surface area contributed by atoms with Crippen LogP contribution in [0.4, 0.5) is 10.8 Å². The quantitative estimate of drug-likeness (QED) is 0.504. The van der Waals surface area contributed by atoms with E-state index in [0.717, 1.165) is 27.8 Å². The monoisotopic (exact) mass is 382 g/mol. The zero-order valence-corrected chi connectivity index (χ0v) is 17.1. The Morgan fingerprint density at radius 1 is 1.12 bits per heavy atom. The molecule has 0 radical (unpaired) electrons. The lowest BCUT2D eigenvalue weighted by Gasteiger charge is -2.18. The number of hydrogen-bond acceptors (Lipinski definition) is 4. The van der Waals surface area contributed by atoms with Crippen molar-refractivity contribution in [2.75, 3.05) is 4.90 Å². The van der Waals surface area contributed by atoms with Gasteiger partial charge in [-0.3, -0.25) is 9.69 Å². The SMILES string of the molecule is CC(=O)N(c1cccc(C)c1)c1nc(CSc2ccc(C)cc2C)cs1. The second-order valence-corrected chi connectivity index (χ2v) is 8.23. The summed E-state index contributed by atoms with van der Waals surface area (Å²) >= 11 is 3.29. The standard InChI is InChI=1S/C21H22N2OS2/c1-14-6-5-7-19(11-14)23(17(4)24)21-22-18(13-26-21)12-25-20-9-8-15(2)10-16(20)3/h5-11,13H,12H2,1-4H3. The molecular formula is C21H22N2OS2. The molecule has 0 atom stereocenters. The Kier molecular flexibility index (Phi) is 5.79. The maximum atomic E-state index is 12.2. The van der Waals surface area contributed by atoms with Crippen molar-refractivity contribution in [3.05, 3.63) is 70.2 Å². The average Bonchev–Trinajstić information content (AvgIpc) is 3.02. The molecule has 3 nitrogen and oxygen atoms in total. The highest BCUT2D eigenvalue weighted by molar-refractivity contribution is 7.98. The van der Waals surface area contributed by atoms with Crippen LogP contribution < -0.4 is 4.90 Å². The van der Waals surface area contributed by atoms with Gasteiger partial charge in [0, 0.05) is 23.0 Å². The predicted octanol–water partition coefficient (Wildman–Crippen LogP) is 6.05. The number of rotatable bonds is 5. The molecule has 5 heteroatoms. The van der Waals surface area contributed by atoms with Gasteiger partial charge in [-0.05, 0) is 50.1 Å². The van der Waals surface area contributed by atoms with Crippen molar-refractivity contribution in [1.82, 2.24) is 4.98 Å². The Morgan fingerprint density at radius 3 is 2.58 bits per heavy atom. The van der Waals surface area contributed by atoms with E-state index >= 15 is 0 Å². The summed E-state index contributed by atoms with van der Waals surface area (Å²) in [7, 11) is 0. The zero-order valence-electron chi connectivity index (χ0n) is 15.4. The van der Waals surface area contributed by atoms with E-state index in [1.54, 1.807) is 23.6 Å². The summed E-state index contributed by atoms with van der Waals surface area (Å²) in [5.41, 5.74) is 5.54. The van der Waals surface area contributed by atoms with Gasteiger partial charge < -0.3 is 0 Å². The summed E-state index contributed by atoms with van der Waals surface area (Å²) in [4.78, 5) is 19.9. The molecule has 26 heavy (non-hydrogen) atoms. The molecule has 0 N–H and O–H groups in total. The van der Waals surface area contributed by atoms with Gasteiger partial charge in [-0.25, -0.2) is 4.98 Å². The van der Waals surface area contributed by atoms with Crippen molar-refractivity contribution >= 4 is 39.8 Å². The molecule has 3 rings (SSSR count). The maximum Gasteiger partial charge on any atom is 0.230 e. The molecule has 0 unspecified atom stereocenters. The van der Waals surface area contributed by atoms with Gasteiger partial charge in [-0.1, -0.05) is 29.8 Å². The lowest BCUT2D eigenvalue weighted by molar-refractivity contribution is -0.115. The van der Waals surface area contributed by atoms with Gasteiger partial charge in [0.15, 0.2) is 5.13 Å². The van der Waals surface area contributed by atoms with E-state index in [2.05, 4.69) is 32.0 Å². The first-order chi connectivity index (χ1) is 12.4. The van der Waals surface area contributed by atoms with Gasteiger partial charge in [0.1, 0.15) is 0 Å². The van der Waals surface area contributed by atoms with Crippen LogP contribution in [-0.4, -0.2) is 10.9 Å². The number of thiazole rings is 1. The smallest absolute Gasteiger partial charge is 0.230 e. The third kappa shape index (κ3) is 4.34. The molecule has 0 fully saturated rings. The largest absolute Gasteiger partial charge is 0.274 e. The first kappa shape index (κ1) is 18.7. The summed E-state index contributed by atoms with van der Waals surface area (Å²) < 4.78 is 0. The van der Waals surface area contributed by atoms with E-state index in [9.17, 15) is 4.79 Å². The molecule has 0 bridgehead atoms. The lowest BCUT2D eigenvalue weighted by atomic mass is 10.2. The normalized spacial score (nSPS) is 10.8. The molecular weight excluding hydrogens is 360 g/mol. The molecule has 0 aliphatic rings.